The lowest BCUT2D eigenvalue weighted by Gasteiger charge is -2.05. The molecule has 20 heavy (non-hydrogen) atoms. The molecule has 0 bridgehead atoms. The molecule has 0 amide bonds. The molecule has 0 radical (unpaired) electrons. The average molecular weight is 279 g/mol. The molecule has 0 saturated heterocycles. The van der Waals surface area contributed by atoms with Crippen LogP contribution in [0.1, 0.15) is 30.0 Å². The molecule has 2 aromatic rings. The van der Waals surface area contributed by atoms with Crippen molar-refractivity contribution in [2.75, 3.05) is 5.32 Å². The number of aromatic nitrogens is 3. The summed E-state index contributed by atoms with van der Waals surface area (Å²) in [6, 6.07) is 0. The van der Waals surface area contributed by atoms with Crippen LogP contribution in [0.2, 0.25) is 0 Å². The van der Waals surface area contributed by atoms with Crippen LogP contribution in [0.4, 0.5) is 11.5 Å². The number of nitro groups is 1. The van der Waals surface area contributed by atoms with Gasteiger partial charge in [-0.3, -0.25) is 10.1 Å². The van der Waals surface area contributed by atoms with Crippen LogP contribution in [0, 0.1) is 30.9 Å². The number of anilines is 1. The number of hydrogen-bond donors (Lipinski definition) is 1. The zero-order valence-electron chi connectivity index (χ0n) is 11.9. The highest BCUT2D eigenvalue weighted by Crippen LogP contribution is 2.28. The van der Waals surface area contributed by atoms with Gasteiger partial charge in [-0.1, -0.05) is 0 Å². The summed E-state index contributed by atoms with van der Waals surface area (Å²) in [5.74, 6) is 1.62. The Labute approximate surface area is 116 Å². The summed E-state index contributed by atoms with van der Waals surface area (Å²) < 4.78 is 7.01. The lowest BCUT2D eigenvalue weighted by Crippen LogP contribution is -2.08. The van der Waals surface area contributed by atoms with Crippen molar-refractivity contribution in [3.05, 3.63) is 33.2 Å². The molecule has 2 rings (SSSR count). The summed E-state index contributed by atoms with van der Waals surface area (Å²) >= 11 is 0. The lowest BCUT2D eigenvalue weighted by atomic mass is 10.4. The first-order valence-electron chi connectivity index (χ1n) is 6.32. The quantitative estimate of drug-likeness (QED) is 0.666. The minimum atomic E-state index is -0.428. The van der Waals surface area contributed by atoms with E-state index in [0.29, 0.717) is 23.9 Å². The van der Waals surface area contributed by atoms with Gasteiger partial charge in [0.05, 0.1) is 17.2 Å². The van der Waals surface area contributed by atoms with E-state index in [1.807, 2.05) is 20.8 Å². The van der Waals surface area contributed by atoms with Crippen LogP contribution in [0.15, 0.2) is 4.42 Å². The number of hydrogen-bond acceptors (Lipinski definition) is 6. The molecule has 0 aliphatic rings. The first kappa shape index (κ1) is 14.0. The van der Waals surface area contributed by atoms with E-state index < -0.39 is 4.92 Å². The first-order valence-corrected chi connectivity index (χ1v) is 6.32. The van der Waals surface area contributed by atoms with Crippen LogP contribution in [0.5, 0.6) is 0 Å². The fraction of sp³-hybridized carbons (Fsp3) is 0.500. The van der Waals surface area contributed by atoms with Crippen molar-refractivity contribution in [3.63, 3.8) is 0 Å². The van der Waals surface area contributed by atoms with E-state index in [-0.39, 0.29) is 12.2 Å². The highest BCUT2D eigenvalue weighted by Gasteiger charge is 2.24. The Kier molecular flexibility index (Phi) is 3.73. The van der Waals surface area contributed by atoms with Crippen LogP contribution in [-0.4, -0.2) is 19.7 Å². The van der Waals surface area contributed by atoms with Crippen molar-refractivity contribution in [1.82, 2.24) is 14.8 Å². The van der Waals surface area contributed by atoms with Gasteiger partial charge in [-0.15, -0.1) is 0 Å². The van der Waals surface area contributed by atoms with Gasteiger partial charge in [0.25, 0.3) is 0 Å². The number of oxazole rings is 1. The topological polar surface area (TPSA) is 99.0 Å². The van der Waals surface area contributed by atoms with Gasteiger partial charge in [0, 0.05) is 6.54 Å². The third-order valence-electron chi connectivity index (χ3n) is 3.06. The van der Waals surface area contributed by atoms with Gasteiger partial charge in [0.15, 0.2) is 0 Å². The lowest BCUT2D eigenvalue weighted by molar-refractivity contribution is -0.384. The van der Waals surface area contributed by atoms with Gasteiger partial charge in [-0.05, 0) is 27.7 Å². The molecule has 108 valence electrons. The van der Waals surface area contributed by atoms with Crippen LogP contribution in [0.25, 0.3) is 0 Å². The molecule has 0 atom stereocenters. The van der Waals surface area contributed by atoms with Crippen LogP contribution >= 0.6 is 0 Å². The Balaban J connectivity index is 2.26. The molecule has 0 saturated carbocycles. The van der Waals surface area contributed by atoms with E-state index in [9.17, 15) is 10.1 Å². The van der Waals surface area contributed by atoms with Crippen molar-refractivity contribution < 1.29 is 9.34 Å². The van der Waals surface area contributed by atoms with E-state index in [1.54, 1.807) is 11.6 Å². The van der Waals surface area contributed by atoms with Crippen molar-refractivity contribution >= 4 is 11.5 Å². The minimum absolute atomic E-state index is 0.00755. The second-order valence-electron chi connectivity index (χ2n) is 4.46. The van der Waals surface area contributed by atoms with E-state index >= 15 is 0 Å². The number of nitrogens with one attached hydrogen (secondary N) is 1. The third kappa shape index (κ3) is 2.49. The van der Waals surface area contributed by atoms with Gasteiger partial charge < -0.3 is 9.73 Å². The molecular formula is C12H17N5O3. The molecule has 0 spiro atoms. The maximum Gasteiger partial charge on any atom is 0.333 e. The molecule has 0 aliphatic carbocycles. The summed E-state index contributed by atoms with van der Waals surface area (Å²) in [4.78, 5) is 14.9. The van der Waals surface area contributed by atoms with Gasteiger partial charge >= 0.3 is 5.69 Å². The van der Waals surface area contributed by atoms with Crippen molar-refractivity contribution in [3.8, 4) is 0 Å². The van der Waals surface area contributed by atoms with E-state index in [0.717, 1.165) is 11.5 Å². The Morgan fingerprint density at radius 2 is 2.05 bits per heavy atom. The summed E-state index contributed by atoms with van der Waals surface area (Å²) in [5.41, 5.74) is 1.20. The standard InChI is InChI=1S/C12H17N5O3/c1-5-16-12(11(17(18)19)8(3)15-16)13-6-10-14-7(2)9(4)20-10/h13H,5-6H2,1-4H3. The molecule has 2 aromatic heterocycles. The predicted octanol–water partition coefficient (Wildman–Crippen LogP) is 2.34. The highest BCUT2D eigenvalue weighted by molar-refractivity contribution is 5.59. The summed E-state index contributed by atoms with van der Waals surface area (Å²) in [7, 11) is 0. The SMILES string of the molecule is CCn1nc(C)c([N+](=O)[O-])c1NCc1nc(C)c(C)o1. The van der Waals surface area contributed by atoms with E-state index in [1.165, 1.54) is 0 Å². The predicted molar refractivity (Wildman–Crippen MR) is 72.6 cm³/mol. The molecule has 8 nitrogen and oxygen atoms in total. The van der Waals surface area contributed by atoms with Gasteiger partial charge in [-0.2, -0.15) is 5.10 Å². The molecule has 8 heteroatoms. The summed E-state index contributed by atoms with van der Waals surface area (Å²) in [6.45, 7) is 8.00. The van der Waals surface area contributed by atoms with E-state index in [4.69, 9.17) is 4.42 Å². The Hall–Kier alpha value is -2.38. The summed E-state index contributed by atoms with van der Waals surface area (Å²) in [5, 5.41) is 18.3. The van der Waals surface area contributed by atoms with Crippen LogP contribution in [0.3, 0.4) is 0 Å². The second-order valence-corrected chi connectivity index (χ2v) is 4.46. The van der Waals surface area contributed by atoms with Crippen molar-refractivity contribution in [2.45, 2.75) is 40.8 Å². The monoisotopic (exact) mass is 279 g/mol. The molecule has 1 N–H and O–H groups in total. The number of rotatable bonds is 5. The second kappa shape index (κ2) is 5.32. The third-order valence-corrected chi connectivity index (χ3v) is 3.06. The fourth-order valence-electron chi connectivity index (χ4n) is 1.97. The van der Waals surface area contributed by atoms with Crippen molar-refractivity contribution in [2.24, 2.45) is 0 Å². The molecular weight excluding hydrogens is 262 g/mol. The Morgan fingerprint density at radius 3 is 2.55 bits per heavy atom. The van der Waals surface area contributed by atoms with E-state index in [2.05, 4.69) is 15.4 Å². The number of aryl methyl sites for hydroxylation is 4. The molecule has 0 aromatic carbocycles. The zero-order valence-corrected chi connectivity index (χ0v) is 11.9. The van der Waals surface area contributed by atoms with Crippen molar-refractivity contribution in [1.29, 1.82) is 0 Å². The van der Waals surface area contributed by atoms with Gasteiger partial charge in [-0.25, -0.2) is 9.67 Å². The van der Waals surface area contributed by atoms with Crippen LogP contribution in [-0.2, 0) is 13.1 Å². The normalized spacial score (nSPS) is 10.8. The van der Waals surface area contributed by atoms with Gasteiger partial charge in [0.1, 0.15) is 11.5 Å². The maximum atomic E-state index is 11.1. The molecule has 2 heterocycles. The number of nitrogens with zero attached hydrogens (tertiary/aromatic N) is 4. The zero-order chi connectivity index (χ0) is 14.9. The highest BCUT2D eigenvalue weighted by atomic mass is 16.6. The smallest absolute Gasteiger partial charge is 0.333 e. The maximum absolute atomic E-state index is 11.1. The molecule has 0 fully saturated rings. The average Bonchev–Trinajstić information content (AvgIpc) is 2.87. The molecule has 0 unspecified atom stereocenters. The molecule has 0 aliphatic heterocycles. The van der Waals surface area contributed by atoms with Crippen LogP contribution < -0.4 is 5.32 Å². The van der Waals surface area contributed by atoms with Gasteiger partial charge in [0.2, 0.25) is 11.7 Å². The minimum Gasteiger partial charge on any atom is -0.444 e. The Morgan fingerprint density at radius 1 is 1.35 bits per heavy atom. The fourth-order valence-corrected chi connectivity index (χ4v) is 1.97. The summed E-state index contributed by atoms with van der Waals surface area (Å²) in [6.07, 6.45) is 0. The first-order chi connectivity index (χ1) is 9.43. The Bertz CT molecular complexity index is 624. The largest absolute Gasteiger partial charge is 0.444 e.